The molecule has 2 nitrogen and oxygen atoms in total. The summed E-state index contributed by atoms with van der Waals surface area (Å²) >= 11 is 0. The summed E-state index contributed by atoms with van der Waals surface area (Å²) in [7, 11) is -3.68. The minimum Gasteiger partial charge on any atom is -0.311 e. The van der Waals surface area contributed by atoms with Gasteiger partial charge >= 0.3 is 0 Å². The second kappa shape index (κ2) is 5.27. The zero-order chi connectivity index (χ0) is 16.3. The molecule has 3 atom stereocenters. The zero-order valence-corrected chi connectivity index (χ0v) is 19.8. The normalized spacial score (nSPS) is 28.9. The molecule has 1 aliphatic heterocycles. The molecule has 1 aliphatic rings. The van der Waals surface area contributed by atoms with Gasteiger partial charge in [-0.25, -0.2) is 0 Å². The Hall–Kier alpha value is 1.00. The molecular formula is C14H37N2PSi3. The second-order valence-electron chi connectivity index (χ2n) is 10.2. The van der Waals surface area contributed by atoms with E-state index in [0.29, 0.717) is 5.54 Å². The number of rotatable bonds is 4. The second-order valence-corrected chi connectivity index (χ2v) is 28.7. The third-order valence-electron chi connectivity index (χ3n) is 3.55. The molecular weight excluding hydrogens is 311 g/mol. The lowest BCUT2D eigenvalue weighted by Gasteiger charge is -2.44. The highest BCUT2D eigenvalue weighted by atomic mass is 31.2. The maximum Gasteiger partial charge on any atom is 0.117 e. The fourth-order valence-corrected chi connectivity index (χ4v) is 25.9. The van der Waals surface area contributed by atoms with E-state index in [1.165, 1.54) is 0 Å². The molecule has 0 bridgehead atoms. The maximum atomic E-state index is 3.09. The van der Waals surface area contributed by atoms with Crippen molar-refractivity contribution in [3.8, 4) is 0 Å². The van der Waals surface area contributed by atoms with Crippen molar-refractivity contribution in [3.05, 3.63) is 0 Å². The minimum absolute atomic E-state index is 0.0412. The molecule has 0 aliphatic carbocycles. The fraction of sp³-hybridized carbons (Fsp3) is 1.00. The molecule has 6 heteroatoms. The number of hydrogen-bond donors (Lipinski definition) is 0. The molecule has 0 amide bonds. The van der Waals surface area contributed by atoms with E-state index in [2.05, 4.69) is 88.4 Å². The Balaban J connectivity index is 3.21. The molecule has 1 heterocycles. The Morgan fingerprint density at radius 3 is 1.30 bits per heavy atom. The third kappa shape index (κ3) is 4.05. The molecule has 1 saturated heterocycles. The van der Waals surface area contributed by atoms with Gasteiger partial charge < -0.3 is 4.00 Å². The standard InChI is InChI=1S/C14H37N2PSi3/c1-14(2,3)15-13(18(4,5)6)17(15)16(19(7,8)9)20(10,11)12/h13H,1-12H3/t13-,15?,17+/m1/s1. The molecule has 1 unspecified atom stereocenters. The van der Waals surface area contributed by atoms with Crippen LogP contribution in [0.5, 0.6) is 0 Å². The molecule has 20 heavy (non-hydrogen) atoms. The van der Waals surface area contributed by atoms with Crippen LogP contribution in [-0.2, 0) is 0 Å². The van der Waals surface area contributed by atoms with Crippen LogP contribution >= 0.6 is 8.22 Å². The first-order valence-electron chi connectivity index (χ1n) is 7.88. The van der Waals surface area contributed by atoms with Gasteiger partial charge in [0.2, 0.25) is 0 Å². The van der Waals surface area contributed by atoms with E-state index < -0.39 is 24.5 Å². The summed E-state index contributed by atoms with van der Waals surface area (Å²) in [6.45, 7) is 30.2. The van der Waals surface area contributed by atoms with Crippen molar-refractivity contribution in [3.63, 3.8) is 0 Å². The summed E-state index contributed by atoms with van der Waals surface area (Å²) < 4.78 is 5.98. The van der Waals surface area contributed by atoms with Crippen LogP contribution in [0.15, 0.2) is 0 Å². The average molecular weight is 349 g/mol. The molecule has 0 aromatic heterocycles. The van der Waals surface area contributed by atoms with Gasteiger partial charge in [-0.3, -0.25) is 4.67 Å². The van der Waals surface area contributed by atoms with Crippen LogP contribution in [0.3, 0.4) is 0 Å². The molecule has 120 valence electrons. The Kier molecular flexibility index (Phi) is 5.02. The van der Waals surface area contributed by atoms with Crippen LogP contribution in [0, 0.1) is 0 Å². The Bertz CT molecular complexity index is 327. The first-order valence-corrected chi connectivity index (χ1v) is 19.7. The average Bonchev–Trinajstić information content (AvgIpc) is 2.69. The van der Waals surface area contributed by atoms with Crippen molar-refractivity contribution in [2.75, 3.05) is 0 Å². The van der Waals surface area contributed by atoms with Crippen LogP contribution < -0.4 is 0 Å². The zero-order valence-electron chi connectivity index (χ0n) is 15.9. The molecule has 1 fully saturated rings. The monoisotopic (exact) mass is 348 g/mol. The molecule has 0 spiro atoms. The van der Waals surface area contributed by atoms with Gasteiger partial charge in [0.25, 0.3) is 0 Å². The summed E-state index contributed by atoms with van der Waals surface area (Å²) in [5.41, 5.74) is 0.328. The summed E-state index contributed by atoms with van der Waals surface area (Å²) in [4.78, 5) is 0. The highest BCUT2D eigenvalue weighted by Crippen LogP contribution is 2.74. The van der Waals surface area contributed by atoms with E-state index >= 15 is 0 Å². The lowest BCUT2D eigenvalue weighted by Crippen LogP contribution is -2.55. The van der Waals surface area contributed by atoms with Gasteiger partial charge in [-0.1, -0.05) is 58.9 Å². The summed E-state index contributed by atoms with van der Waals surface area (Å²) in [5, 5.41) is 0.899. The quantitative estimate of drug-likeness (QED) is 0.371. The van der Waals surface area contributed by atoms with E-state index in [-0.39, 0.29) is 8.22 Å². The molecule has 1 rings (SSSR count). The van der Waals surface area contributed by atoms with Crippen molar-refractivity contribution < 1.29 is 0 Å². The maximum absolute atomic E-state index is 3.09. The molecule has 0 aromatic carbocycles. The molecule has 0 N–H and O–H groups in total. The van der Waals surface area contributed by atoms with Crippen LogP contribution in [0.2, 0.25) is 58.9 Å². The fourth-order valence-electron chi connectivity index (χ4n) is 3.38. The Morgan fingerprint density at radius 2 is 1.15 bits per heavy atom. The predicted molar refractivity (Wildman–Crippen MR) is 104 cm³/mol. The van der Waals surface area contributed by atoms with Gasteiger partial charge in [0.15, 0.2) is 0 Å². The van der Waals surface area contributed by atoms with Gasteiger partial charge in [0, 0.05) is 13.8 Å². The number of nitrogens with zero attached hydrogens (tertiary/aromatic N) is 2. The van der Waals surface area contributed by atoms with Gasteiger partial charge in [-0.15, -0.1) is 0 Å². The van der Waals surface area contributed by atoms with E-state index in [1.807, 2.05) is 0 Å². The highest BCUT2D eigenvalue weighted by molar-refractivity contribution is 7.68. The first kappa shape index (κ1) is 19.0. The molecule has 0 aromatic rings. The van der Waals surface area contributed by atoms with E-state index in [1.54, 1.807) is 0 Å². The van der Waals surface area contributed by atoms with Crippen molar-refractivity contribution in [2.45, 2.75) is 90.6 Å². The third-order valence-corrected chi connectivity index (χ3v) is 22.1. The highest BCUT2D eigenvalue weighted by Gasteiger charge is 2.64. The summed E-state index contributed by atoms with van der Waals surface area (Å²) in [6, 6.07) is 0. The predicted octanol–water partition coefficient (Wildman–Crippen LogP) is 5.59. The van der Waals surface area contributed by atoms with E-state index in [0.717, 1.165) is 5.41 Å². The summed E-state index contributed by atoms with van der Waals surface area (Å²) in [5.74, 6) is 0. The van der Waals surface area contributed by atoms with Gasteiger partial charge in [0.1, 0.15) is 16.5 Å². The van der Waals surface area contributed by atoms with E-state index in [4.69, 9.17) is 0 Å². The minimum atomic E-state index is -1.26. The molecule has 0 saturated carbocycles. The topological polar surface area (TPSA) is 6.25 Å². The largest absolute Gasteiger partial charge is 0.311 e. The smallest absolute Gasteiger partial charge is 0.117 e. The van der Waals surface area contributed by atoms with Gasteiger partial charge in [0.05, 0.1) is 13.5 Å². The molecule has 0 radical (unpaired) electrons. The van der Waals surface area contributed by atoms with Gasteiger partial charge in [-0.05, 0) is 20.8 Å². The van der Waals surface area contributed by atoms with Crippen LogP contribution in [0.25, 0.3) is 0 Å². The van der Waals surface area contributed by atoms with Crippen LogP contribution in [-0.4, -0.2) is 44.2 Å². The van der Waals surface area contributed by atoms with Gasteiger partial charge in [-0.2, -0.15) is 0 Å². The van der Waals surface area contributed by atoms with Crippen LogP contribution in [0.1, 0.15) is 20.8 Å². The Morgan fingerprint density at radius 1 is 0.800 bits per heavy atom. The SMILES string of the molecule is CC(C)(C)N1[C@@H]([Si](C)(C)C)[P@]1N([Si](C)(C)C)[Si](C)(C)C. The lowest BCUT2D eigenvalue weighted by molar-refractivity contribution is 0.335. The van der Waals surface area contributed by atoms with E-state index in [9.17, 15) is 0 Å². The van der Waals surface area contributed by atoms with Crippen molar-refractivity contribution in [1.82, 2.24) is 8.67 Å². The first-order chi connectivity index (χ1) is 8.49. The van der Waals surface area contributed by atoms with Crippen LogP contribution in [0.4, 0.5) is 0 Å². The Labute approximate surface area is 132 Å². The summed E-state index contributed by atoms with van der Waals surface area (Å²) in [6.07, 6.45) is 0. The van der Waals surface area contributed by atoms with Crippen molar-refractivity contribution in [2.24, 2.45) is 0 Å². The van der Waals surface area contributed by atoms with Crippen molar-refractivity contribution >= 4 is 32.8 Å². The lowest BCUT2D eigenvalue weighted by atomic mass is 10.1. The number of hydrogen-bond acceptors (Lipinski definition) is 2. The van der Waals surface area contributed by atoms with Crippen molar-refractivity contribution in [1.29, 1.82) is 0 Å².